The Hall–Kier alpha value is -3.70. The van der Waals surface area contributed by atoms with Crippen LogP contribution in [0.1, 0.15) is 16.7 Å². The SMILES string of the molecule is COc1ccc(-c2nnc3ccc(OCCNS(=O)(=O)c4cc(C)c(OC)c(C)c4C)nn23)cc1. The molecule has 0 aliphatic rings. The Bertz CT molecular complexity index is 1470. The number of hydrogen-bond acceptors (Lipinski definition) is 8. The Morgan fingerprint density at radius 1 is 0.943 bits per heavy atom. The summed E-state index contributed by atoms with van der Waals surface area (Å²) in [7, 11) is -0.554. The van der Waals surface area contributed by atoms with E-state index >= 15 is 0 Å². The lowest BCUT2D eigenvalue weighted by Crippen LogP contribution is -2.29. The van der Waals surface area contributed by atoms with Crippen molar-refractivity contribution in [2.45, 2.75) is 25.7 Å². The highest BCUT2D eigenvalue weighted by Crippen LogP contribution is 2.30. The number of fused-ring (bicyclic) bond motifs is 1. The van der Waals surface area contributed by atoms with Crippen LogP contribution in [0.5, 0.6) is 17.4 Å². The van der Waals surface area contributed by atoms with E-state index in [1.54, 1.807) is 43.9 Å². The zero-order valence-corrected chi connectivity index (χ0v) is 21.0. The molecular formula is C24H27N5O5S. The van der Waals surface area contributed by atoms with Gasteiger partial charge in [0.2, 0.25) is 15.9 Å². The van der Waals surface area contributed by atoms with Crippen molar-refractivity contribution in [2.24, 2.45) is 0 Å². The van der Waals surface area contributed by atoms with E-state index in [9.17, 15) is 8.42 Å². The summed E-state index contributed by atoms with van der Waals surface area (Å²) < 4.78 is 46.3. The molecule has 0 aliphatic carbocycles. The minimum Gasteiger partial charge on any atom is -0.497 e. The number of hydrogen-bond donors (Lipinski definition) is 1. The average Bonchev–Trinajstić information content (AvgIpc) is 3.27. The van der Waals surface area contributed by atoms with Crippen molar-refractivity contribution in [2.75, 3.05) is 27.4 Å². The summed E-state index contributed by atoms with van der Waals surface area (Å²) in [5.41, 5.74) is 3.57. The number of rotatable bonds is 9. The van der Waals surface area contributed by atoms with Gasteiger partial charge < -0.3 is 14.2 Å². The molecule has 2 aromatic carbocycles. The first kappa shape index (κ1) is 24.4. The first-order chi connectivity index (χ1) is 16.7. The molecule has 0 atom stereocenters. The third kappa shape index (κ3) is 4.91. The van der Waals surface area contributed by atoms with Crippen molar-refractivity contribution in [3.63, 3.8) is 0 Å². The monoisotopic (exact) mass is 497 g/mol. The highest BCUT2D eigenvalue weighted by atomic mass is 32.2. The van der Waals surface area contributed by atoms with Gasteiger partial charge in [-0.2, -0.15) is 4.52 Å². The minimum absolute atomic E-state index is 0.0686. The van der Waals surface area contributed by atoms with Gasteiger partial charge in [-0.15, -0.1) is 15.3 Å². The van der Waals surface area contributed by atoms with Crippen molar-refractivity contribution < 1.29 is 22.6 Å². The second kappa shape index (κ2) is 9.88. The van der Waals surface area contributed by atoms with Crippen LogP contribution in [0, 0.1) is 20.8 Å². The molecule has 0 radical (unpaired) electrons. The fourth-order valence-electron chi connectivity index (χ4n) is 3.79. The van der Waals surface area contributed by atoms with E-state index in [1.807, 2.05) is 38.1 Å². The molecule has 0 fully saturated rings. The van der Waals surface area contributed by atoms with Crippen LogP contribution in [0.4, 0.5) is 0 Å². The lowest BCUT2D eigenvalue weighted by molar-refractivity contribution is 0.306. The zero-order valence-electron chi connectivity index (χ0n) is 20.2. The third-order valence-electron chi connectivity index (χ3n) is 5.70. The van der Waals surface area contributed by atoms with Crippen LogP contribution in [-0.4, -0.2) is 55.6 Å². The molecule has 10 nitrogen and oxygen atoms in total. The molecule has 0 saturated heterocycles. The van der Waals surface area contributed by atoms with Crippen LogP contribution in [-0.2, 0) is 10.0 Å². The van der Waals surface area contributed by atoms with E-state index in [0.29, 0.717) is 28.7 Å². The van der Waals surface area contributed by atoms with E-state index in [0.717, 1.165) is 22.4 Å². The summed E-state index contributed by atoms with van der Waals surface area (Å²) in [6.45, 7) is 5.59. The average molecular weight is 498 g/mol. The number of nitrogens with one attached hydrogen (secondary N) is 1. The maximum Gasteiger partial charge on any atom is 0.240 e. The van der Waals surface area contributed by atoms with Gasteiger partial charge in [0, 0.05) is 18.2 Å². The molecule has 0 unspecified atom stereocenters. The fraction of sp³-hybridized carbons (Fsp3) is 0.292. The maximum absolute atomic E-state index is 12.9. The number of methoxy groups -OCH3 is 2. The summed E-state index contributed by atoms with van der Waals surface area (Å²) >= 11 is 0. The van der Waals surface area contributed by atoms with Gasteiger partial charge in [0.15, 0.2) is 11.5 Å². The molecule has 0 saturated carbocycles. The smallest absolute Gasteiger partial charge is 0.240 e. The number of sulfonamides is 1. The van der Waals surface area contributed by atoms with Gasteiger partial charge >= 0.3 is 0 Å². The Morgan fingerprint density at radius 2 is 1.69 bits per heavy atom. The van der Waals surface area contributed by atoms with Gasteiger partial charge in [-0.05, 0) is 73.9 Å². The Kier molecular flexibility index (Phi) is 6.90. The molecule has 2 heterocycles. The maximum atomic E-state index is 12.9. The normalized spacial score (nSPS) is 11.6. The van der Waals surface area contributed by atoms with E-state index < -0.39 is 10.0 Å². The molecular weight excluding hydrogens is 470 g/mol. The Morgan fingerprint density at radius 3 is 2.37 bits per heavy atom. The predicted octanol–water partition coefficient (Wildman–Crippen LogP) is 3.09. The van der Waals surface area contributed by atoms with Crippen molar-refractivity contribution in [3.05, 3.63) is 59.2 Å². The second-order valence-corrected chi connectivity index (χ2v) is 9.65. The van der Waals surface area contributed by atoms with Gasteiger partial charge in [0.25, 0.3) is 0 Å². The fourth-order valence-corrected chi connectivity index (χ4v) is 5.19. The first-order valence-corrected chi connectivity index (χ1v) is 12.4. The van der Waals surface area contributed by atoms with Gasteiger partial charge in [-0.25, -0.2) is 13.1 Å². The molecule has 35 heavy (non-hydrogen) atoms. The lowest BCUT2D eigenvalue weighted by atomic mass is 10.1. The molecule has 0 bridgehead atoms. The van der Waals surface area contributed by atoms with E-state index in [-0.39, 0.29) is 18.0 Å². The predicted molar refractivity (Wildman–Crippen MR) is 131 cm³/mol. The standard InChI is InChI=1S/C24H27N5O5S/c1-15-14-20(16(2)17(3)23(15)33-5)35(30,31)25-12-13-34-22-11-10-21-26-27-24(29(21)28-22)18-6-8-19(32-4)9-7-18/h6-11,14,25H,12-13H2,1-5H3. The van der Waals surface area contributed by atoms with E-state index in [4.69, 9.17) is 14.2 Å². The Balaban J connectivity index is 1.45. The van der Waals surface area contributed by atoms with Crippen LogP contribution < -0.4 is 18.9 Å². The first-order valence-electron chi connectivity index (χ1n) is 10.9. The summed E-state index contributed by atoms with van der Waals surface area (Å²) in [5, 5.41) is 12.8. The molecule has 2 aromatic heterocycles. The van der Waals surface area contributed by atoms with Crippen molar-refractivity contribution in [1.82, 2.24) is 24.5 Å². The molecule has 184 valence electrons. The van der Waals surface area contributed by atoms with E-state index in [2.05, 4.69) is 20.0 Å². The molecule has 4 rings (SSSR count). The van der Waals surface area contributed by atoms with Crippen molar-refractivity contribution >= 4 is 15.7 Å². The molecule has 0 amide bonds. The largest absolute Gasteiger partial charge is 0.497 e. The molecule has 0 aliphatic heterocycles. The van der Waals surface area contributed by atoms with Crippen LogP contribution in [0.25, 0.3) is 17.0 Å². The second-order valence-electron chi connectivity index (χ2n) is 7.91. The van der Waals surface area contributed by atoms with Gasteiger partial charge in [-0.1, -0.05) is 0 Å². The van der Waals surface area contributed by atoms with Crippen LogP contribution >= 0.6 is 0 Å². The van der Waals surface area contributed by atoms with Crippen LogP contribution in [0.2, 0.25) is 0 Å². The Labute approximate surface area is 203 Å². The summed E-state index contributed by atoms with van der Waals surface area (Å²) in [4.78, 5) is 0.224. The number of nitrogens with zero attached hydrogens (tertiary/aromatic N) is 4. The lowest BCUT2D eigenvalue weighted by Gasteiger charge is -2.16. The highest BCUT2D eigenvalue weighted by Gasteiger charge is 2.21. The van der Waals surface area contributed by atoms with E-state index in [1.165, 1.54) is 0 Å². The number of benzene rings is 2. The molecule has 0 spiro atoms. The van der Waals surface area contributed by atoms with Gasteiger partial charge in [0.1, 0.15) is 18.1 Å². The van der Waals surface area contributed by atoms with Crippen molar-refractivity contribution in [1.29, 1.82) is 0 Å². The number of aromatic nitrogens is 4. The number of aryl methyl sites for hydroxylation is 1. The summed E-state index contributed by atoms with van der Waals surface area (Å²) in [6, 6.07) is 12.4. The summed E-state index contributed by atoms with van der Waals surface area (Å²) in [5.74, 6) is 2.29. The highest BCUT2D eigenvalue weighted by molar-refractivity contribution is 7.89. The quantitative estimate of drug-likeness (QED) is 0.351. The topological polar surface area (TPSA) is 117 Å². The summed E-state index contributed by atoms with van der Waals surface area (Å²) in [6.07, 6.45) is 0. The molecule has 11 heteroatoms. The van der Waals surface area contributed by atoms with Crippen LogP contribution in [0.3, 0.4) is 0 Å². The van der Waals surface area contributed by atoms with Crippen LogP contribution in [0.15, 0.2) is 47.4 Å². The minimum atomic E-state index is -3.73. The molecule has 1 N–H and O–H groups in total. The zero-order chi connectivity index (χ0) is 25.2. The van der Waals surface area contributed by atoms with Gasteiger partial charge in [-0.3, -0.25) is 0 Å². The van der Waals surface area contributed by atoms with Crippen molar-refractivity contribution in [3.8, 4) is 28.8 Å². The third-order valence-corrected chi connectivity index (χ3v) is 7.29. The van der Waals surface area contributed by atoms with Gasteiger partial charge in [0.05, 0.1) is 19.1 Å². The number of ether oxygens (including phenoxy) is 3. The molecule has 4 aromatic rings.